The van der Waals surface area contributed by atoms with E-state index in [0.717, 1.165) is 0 Å². The van der Waals surface area contributed by atoms with E-state index in [1.165, 1.54) is 24.3 Å². The maximum atomic E-state index is 12.2. The highest BCUT2D eigenvalue weighted by Crippen LogP contribution is 2.23. The third-order valence-corrected chi connectivity index (χ3v) is 2.31. The number of rotatable bonds is 1. The van der Waals surface area contributed by atoms with E-state index in [1.54, 1.807) is 6.07 Å². The summed E-state index contributed by atoms with van der Waals surface area (Å²) in [6.07, 6.45) is -4.58. The van der Waals surface area contributed by atoms with E-state index in [4.69, 9.17) is 0 Å². The summed E-state index contributed by atoms with van der Waals surface area (Å²) in [5.41, 5.74) is 0. The Bertz CT molecular complexity index is 358. The second-order valence-electron chi connectivity index (χ2n) is 3.97. The van der Waals surface area contributed by atoms with E-state index >= 15 is 0 Å². The van der Waals surface area contributed by atoms with Gasteiger partial charge in [-0.3, -0.25) is 0 Å². The highest BCUT2D eigenvalue weighted by Gasteiger charge is 2.31. The number of hydrogen-bond acceptors (Lipinski definition) is 2. The van der Waals surface area contributed by atoms with Crippen LogP contribution in [0.15, 0.2) is 30.3 Å². The smallest absolute Gasteiger partial charge is 0.406 e. The first-order valence-corrected chi connectivity index (χ1v) is 5.68. The lowest BCUT2D eigenvalue weighted by Crippen LogP contribution is -2.35. The molecule has 1 aromatic rings. The number of hydrogen-bond donors (Lipinski definition) is 1. The normalized spacial score (nSPS) is 18.2. The molecule has 1 aliphatic heterocycles. The van der Waals surface area contributed by atoms with Crippen LogP contribution in [0.1, 0.15) is 12.8 Å². The lowest BCUT2D eigenvalue weighted by molar-refractivity contribution is -0.274. The van der Waals surface area contributed by atoms with Crippen molar-refractivity contribution in [3.8, 4) is 5.75 Å². The van der Waals surface area contributed by atoms with Crippen molar-refractivity contribution < 1.29 is 26.7 Å². The third-order valence-electron chi connectivity index (χ3n) is 2.31. The van der Waals surface area contributed by atoms with Crippen LogP contribution in [0.5, 0.6) is 5.75 Å². The maximum Gasteiger partial charge on any atom is 0.573 e. The molecule has 0 unspecified atom stereocenters. The van der Waals surface area contributed by atoms with Crippen LogP contribution in [0.3, 0.4) is 0 Å². The van der Waals surface area contributed by atoms with Gasteiger partial charge in [-0.2, -0.15) is 0 Å². The largest absolute Gasteiger partial charge is 0.573 e. The topological polar surface area (TPSA) is 21.3 Å². The Labute approximate surface area is 107 Å². The molecule has 108 valence electrons. The van der Waals surface area contributed by atoms with Gasteiger partial charge in [0.2, 0.25) is 0 Å². The van der Waals surface area contributed by atoms with E-state index in [-0.39, 0.29) is 18.6 Å². The van der Waals surface area contributed by atoms with E-state index in [2.05, 4.69) is 10.1 Å². The summed E-state index contributed by atoms with van der Waals surface area (Å²) in [7, 11) is 0. The van der Waals surface area contributed by atoms with E-state index in [0.29, 0.717) is 13.1 Å². The van der Waals surface area contributed by atoms with E-state index in [9.17, 15) is 22.0 Å². The standard InChI is InChI=1S/C7H5F3O.C5H9F2N/c8-7(9,10)11-6-4-2-1-3-5-6;6-5(7)1-3-8-4-2-5/h1-5H;8H,1-4H2. The number of alkyl halides is 5. The molecule has 1 fully saturated rings. The predicted molar refractivity (Wildman–Crippen MR) is 60.2 cm³/mol. The SMILES string of the molecule is FC(F)(F)Oc1ccccc1.FC1(F)CCNCC1. The van der Waals surface area contributed by atoms with Crippen molar-refractivity contribution in [2.24, 2.45) is 0 Å². The molecule has 1 aromatic carbocycles. The van der Waals surface area contributed by atoms with Crippen molar-refractivity contribution in [2.45, 2.75) is 25.1 Å². The lowest BCUT2D eigenvalue weighted by atomic mass is 10.1. The van der Waals surface area contributed by atoms with Crippen LogP contribution < -0.4 is 10.1 Å². The van der Waals surface area contributed by atoms with Gasteiger partial charge in [-0.1, -0.05) is 18.2 Å². The Kier molecular flexibility index (Phi) is 5.53. The van der Waals surface area contributed by atoms with Gasteiger partial charge < -0.3 is 10.1 Å². The quantitative estimate of drug-likeness (QED) is 0.795. The summed E-state index contributed by atoms with van der Waals surface area (Å²) < 4.78 is 62.5. The second kappa shape index (κ2) is 6.70. The molecule has 0 aliphatic carbocycles. The average molecular weight is 283 g/mol. The number of halogens is 5. The number of nitrogens with one attached hydrogen (secondary N) is 1. The molecule has 1 heterocycles. The van der Waals surface area contributed by atoms with Gasteiger partial charge in [0.05, 0.1) is 0 Å². The number of para-hydroxylation sites is 1. The van der Waals surface area contributed by atoms with Crippen molar-refractivity contribution in [1.29, 1.82) is 0 Å². The molecular formula is C12H14F5NO. The van der Waals surface area contributed by atoms with E-state index in [1.807, 2.05) is 0 Å². The zero-order valence-electron chi connectivity index (χ0n) is 10.0. The molecule has 7 heteroatoms. The summed E-state index contributed by atoms with van der Waals surface area (Å²) >= 11 is 0. The molecule has 2 rings (SSSR count). The van der Waals surface area contributed by atoms with Gasteiger partial charge in [-0.25, -0.2) is 8.78 Å². The number of piperidine rings is 1. The molecule has 1 saturated heterocycles. The highest BCUT2D eigenvalue weighted by molar-refractivity contribution is 5.20. The van der Waals surface area contributed by atoms with Gasteiger partial charge in [0.15, 0.2) is 0 Å². The lowest BCUT2D eigenvalue weighted by Gasteiger charge is -2.21. The molecule has 0 amide bonds. The van der Waals surface area contributed by atoms with Crippen molar-refractivity contribution >= 4 is 0 Å². The van der Waals surface area contributed by atoms with Crippen LogP contribution in [0.2, 0.25) is 0 Å². The summed E-state index contributed by atoms with van der Waals surface area (Å²) in [5, 5.41) is 2.86. The Balaban J connectivity index is 0.000000200. The molecule has 0 saturated carbocycles. The van der Waals surface area contributed by atoms with Crippen molar-refractivity contribution in [1.82, 2.24) is 5.32 Å². The molecule has 0 aromatic heterocycles. The van der Waals surface area contributed by atoms with E-state index < -0.39 is 12.3 Å². The van der Waals surface area contributed by atoms with Gasteiger partial charge in [-0.05, 0) is 12.1 Å². The molecule has 1 aliphatic rings. The summed E-state index contributed by atoms with van der Waals surface area (Å²) in [6, 6.07) is 7.05. The minimum atomic E-state index is -4.60. The highest BCUT2D eigenvalue weighted by atomic mass is 19.4. The van der Waals surface area contributed by atoms with Gasteiger partial charge in [-0.15, -0.1) is 13.2 Å². The predicted octanol–water partition coefficient (Wildman–Crippen LogP) is 3.59. The van der Waals surface area contributed by atoms with Crippen LogP contribution in [0, 0.1) is 0 Å². The molecule has 0 radical (unpaired) electrons. The minimum Gasteiger partial charge on any atom is -0.406 e. The van der Waals surface area contributed by atoms with Gasteiger partial charge in [0.25, 0.3) is 5.92 Å². The third kappa shape index (κ3) is 7.61. The van der Waals surface area contributed by atoms with Crippen molar-refractivity contribution in [3.63, 3.8) is 0 Å². The fourth-order valence-electron chi connectivity index (χ4n) is 1.41. The van der Waals surface area contributed by atoms with Gasteiger partial charge >= 0.3 is 6.36 Å². The van der Waals surface area contributed by atoms with Crippen molar-refractivity contribution in [2.75, 3.05) is 13.1 Å². The monoisotopic (exact) mass is 283 g/mol. The minimum absolute atomic E-state index is 0.00694. The molecule has 2 nitrogen and oxygen atoms in total. The summed E-state index contributed by atoms with van der Waals surface area (Å²) in [4.78, 5) is 0. The molecule has 0 bridgehead atoms. The summed E-state index contributed by atoms with van der Waals surface area (Å²) in [6.45, 7) is 0.931. The first-order chi connectivity index (χ1) is 8.79. The molecule has 0 spiro atoms. The Morgan fingerprint density at radius 1 is 1.00 bits per heavy atom. The first-order valence-electron chi connectivity index (χ1n) is 5.68. The maximum absolute atomic E-state index is 12.2. The number of ether oxygens (including phenoxy) is 1. The van der Waals surface area contributed by atoms with Gasteiger partial charge in [0.1, 0.15) is 5.75 Å². The Morgan fingerprint density at radius 2 is 1.53 bits per heavy atom. The average Bonchev–Trinajstić information content (AvgIpc) is 2.28. The Morgan fingerprint density at radius 3 is 1.89 bits per heavy atom. The van der Waals surface area contributed by atoms with Gasteiger partial charge in [0, 0.05) is 25.9 Å². The first kappa shape index (κ1) is 15.7. The van der Waals surface area contributed by atoms with Crippen LogP contribution in [-0.2, 0) is 0 Å². The number of benzene rings is 1. The fraction of sp³-hybridized carbons (Fsp3) is 0.500. The zero-order valence-corrected chi connectivity index (χ0v) is 10.0. The molecule has 1 N–H and O–H groups in total. The van der Waals surface area contributed by atoms with Crippen LogP contribution >= 0.6 is 0 Å². The Hall–Kier alpha value is -1.37. The molecule has 19 heavy (non-hydrogen) atoms. The van der Waals surface area contributed by atoms with Crippen LogP contribution in [-0.4, -0.2) is 25.4 Å². The fourth-order valence-corrected chi connectivity index (χ4v) is 1.41. The summed E-state index contributed by atoms with van der Waals surface area (Å²) in [5.74, 6) is -2.58. The zero-order chi connectivity index (χ0) is 14.4. The molecular weight excluding hydrogens is 269 g/mol. The second-order valence-corrected chi connectivity index (χ2v) is 3.97. The van der Waals surface area contributed by atoms with Crippen LogP contribution in [0.25, 0.3) is 0 Å². The molecule has 0 atom stereocenters. The van der Waals surface area contributed by atoms with Crippen LogP contribution in [0.4, 0.5) is 22.0 Å². The van der Waals surface area contributed by atoms with Crippen molar-refractivity contribution in [3.05, 3.63) is 30.3 Å².